The molecule has 0 spiro atoms. The quantitative estimate of drug-likeness (QED) is 0.779. The first-order chi connectivity index (χ1) is 10.5. The summed E-state index contributed by atoms with van der Waals surface area (Å²) in [4.78, 5) is 4.62. The first-order valence-electron chi connectivity index (χ1n) is 7.08. The number of hydrogen-bond acceptors (Lipinski definition) is 4. The van der Waals surface area contributed by atoms with Gasteiger partial charge >= 0.3 is 0 Å². The largest absolute Gasteiger partial charge is 0.496 e. The molecule has 3 rings (SSSR count). The van der Waals surface area contributed by atoms with Gasteiger partial charge in [0.05, 0.1) is 13.7 Å². The Labute approximate surface area is 129 Å². The lowest BCUT2D eigenvalue weighted by Crippen LogP contribution is -1.97. The molecule has 3 N–H and O–H groups in total. The van der Waals surface area contributed by atoms with Gasteiger partial charge in [0.25, 0.3) is 0 Å². The van der Waals surface area contributed by atoms with E-state index in [0.29, 0.717) is 17.2 Å². The summed E-state index contributed by atoms with van der Waals surface area (Å²) in [5.41, 5.74) is 11.6. The molecule has 3 aromatic rings. The zero-order valence-electron chi connectivity index (χ0n) is 12.9. The Morgan fingerprint density at radius 2 is 1.95 bits per heavy atom. The number of aliphatic hydroxyl groups is 1. The molecule has 0 radical (unpaired) electrons. The molecule has 0 fully saturated rings. The lowest BCUT2D eigenvalue weighted by atomic mass is 10.0. The van der Waals surface area contributed by atoms with E-state index in [1.54, 1.807) is 7.11 Å². The lowest BCUT2D eigenvalue weighted by molar-refractivity contribution is 0.282. The van der Waals surface area contributed by atoms with Gasteiger partial charge in [0, 0.05) is 11.8 Å². The molecule has 5 heteroatoms. The summed E-state index contributed by atoms with van der Waals surface area (Å²) in [5.74, 6) is 1.31. The van der Waals surface area contributed by atoms with Crippen molar-refractivity contribution in [2.45, 2.75) is 20.5 Å². The molecule has 0 amide bonds. The second-order valence-electron chi connectivity index (χ2n) is 5.40. The summed E-state index contributed by atoms with van der Waals surface area (Å²) in [5, 5.41) is 9.25. The number of fused-ring (bicyclic) bond motifs is 1. The van der Waals surface area contributed by atoms with Crippen molar-refractivity contribution in [2.75, 3.05) is 12.8 Å². The molecule has 0 aliphatic carbocycles. The van der Waals surface area contributed by atoms with Crippen molar-refractivity contribution in [3.8, 4) is 17.0 Å². The maximum absolute atomic E-state index is 9.25. The fourth-order valence-corrected chi connectivity index (χ4v) is 2.55. The Hall–Kier alpha value is -2.53. The van der Waals surface area contributed by atoms with Crippen LogP contribution in [0.5, 0.6) is 5.75 Å². The Kier molecular flexibility index (Phi) is 3.50. The molecule has 0 aliphatic rings. The van der Waals surface area contributed by atoms with Crippen LogP contribution in [0.3, 0.4) is 0 Å². The molecule has 0 unspecified atom stereocenters. The van der Waals surface area contributed by atoms with Gasteiger partial charge in [-0.3, -0.25) is 4.40 Å². The van der Waals surface area contributed by atoms with E-state index >= 15 is 0 Å². The molecule has 0 saturated carbocycles. The van der Waals surface area contributed by atoms with Crippen LogP contribution >= 0.6 is 0 Å². The Morgan fingerprint density at radius 3 is 2.64 bits per heavy atom. The third kappa shape index (κ3) is 2.19. The van der Waals surface area contributed by atoms with Gasteiger partial charge in [-0.15, -0.1) is 0 Å². The Bertz CT molecular complexity index is 853. The van der Waals surface area contributed by atoms with E-state index < -0.39 is 0 Å². The van der Waals surface area contributed by atoms with Gasteiger partial charge in [0.15, 0.2) is 0 Å². The average molecular weight is 297 g/mol. The molecule has 0 bridgehead atoms. The maximum Gasteiger partial charge on any atom is 0.139 e. The fraction of sp³-hybridized carbons (Fsp3) is 0.235. The standard InChI is InChI=1S/C17H19N3O2/c1-10-6-13(14(22-3)7-11(10)2)16-17(18)20-5-4-12(9-21)8-15(20)19-16/h4-8,21H,9,18H2,1-3H3. The van der Waals surface area contributed by atoms with E-state index in [4.69, 9.17) is 10.5 Å². The first kappa shape index (κ1) is 14.4. The average Bonchev–Trinajstić information content (AvgIpc) is 2.85. The lowest BCUT2D eigenvalue weighted by Gasteiger charge is -2.10. The number of nitrogen functional groups attached to an aromatic ring is 1. The SMILES string of the molecule is COc1cc(C)c(C)cc1-c1nc2cc(CO)ccn2c1N. The number of nitrogens with two attached hydrogens (primary N) is 1. The van der Waals surface area contributed by atoms with Crippen LogP contribution in [0.1, 0.15) is 16.7 Å². The molecule has 2 heterocycles. The number of anilines is 1. The second-order valence-corrected chi connectivity index (χ2v) is 5.40. The van der Waals surface area contributed by atoms with E-state index in [1.807, 2.05) is 48.7 Å². The summed E-state index contributed by atoms with van der Waals surface area (Å²) < 4.78 is 7.30. The highest BCUT2D eigenvalue weighted by Crippen LogP contribution is 2.35. The second kappa shape index (κ2) is 5.35. The van der Waals surface area contributed by atoms with E-state index in [-0.39, 0.29) is 6.61 Å². The van der Waals surface area contributed by atoms with Crippen LogP contribution in [-0.4, -0.2) is 21.6 Å². The number of pyridine rings is 1. The zero-order chi connectivity index (χ0) is 15.9. The van der Waals surface area contributed by atoms with E-state index in [9.17, 15) is 5.11 Å². The molecule has 5 nitrogen and oxygen atoms in total. The van der Waals surface area contributed by atoms with E-state index in [0.717, 1.165) is 28.0 Å². The molecule has 22 heavy (non-hydrogen) atoms. The Morgan fingerprint density at radius 1 is 1.23 bits per heavy atom. The van der Waals surface area contributed by atoms with Gasteiger partial charge in [-0.05, 0) is 54.8 Å². The first-order valence-corrected chi connectivity index (χ1v) is 7.08. The van der Waals surface area contributed by atoms with Gasteiger partial charge in [-0.25, -0.2) is 4.98 Å². The minimum Gasteiger partial charge on any atom is -0.496 e. The van der Waals surface area contributed by atoms with Gasteiger partial charge in [0.2, 0.25) is 0 Å². The maximum atomic E-state index is 9.25. The number of ether oxygens (including phenoxy) is 1. The predicted molar refractivity (Wildman–Crippen MR) is 87.0 cm³/mol. The highest BCUT2D eigenvalue weighted by atomic mass is 16.5. The van der Waals surface area contributed by atoms with Crippen molar-refractivity contribution in [3.63, 3.8) is 0 Å². The number of aliphatic hydroxyl groups excluding tert-OH is 1. The third-order valence-corrected chi connectivity index (χ3v) is 3.98. The van der Waals surface area contributed by atoms with Crippen LogP contribution in [0.25, 0.3) is 16.9 Å². The summed E-state index contributed by atoms with van der Waals surface area (Å²) in [6.07, 6.45) is 1.82. The predicted octanol–water partition coefficient (Wildman–Crippen LogP) is 2.70. The van der Waals surface area contributed by atoms with Gasteiger partial charge < -0.3 is 15.6 Å². The molecule has 0 aliphatic heterocycles. The Balaban J connectivity index is 2.26. The highest BCUT2D eigenvalue weighted by molar-refractivity contribution is 5.80. The fourth-order valence-electron chi connectivity index (χ4n) is 2.55. The van der Waals surface area contributed by atoms with Crippen LogP contribution < -0.4 is 10.5 Å². The molecule has 0 saturated heterocycles. The minimum absolute atomic E-state index is 0.0223. The summed E-state index contributed by atoms with van der Waals surface area (Å²) in [6, 6.07) is 7.69. The van der Waals surface area contributed by atoms with Crippen molar-refractivity contribution >= 4 is 11.5 Å². The van der Waals surface area contributed by atoms with E-state index in [2.05, 4.69) is 4.98 Å². The van der Waals surface area contributed by atoms with Crippen LogP contribution in [0.15, 0.2) is 30.5 Å². The van der Waals surface area contributed by atoms with Crippen molar-refractivity contribution < 1.29 is 9.84 Å². The number of benzene rings is 1. The molecular weight excluding hydrogens is 278 g/mol. The number of nitrogens with zero attached hydrogens (tertiary/aromatic N) is 2. The zero-order valence-corrected chi connectivity index (χ0v) is 12.9. The summed E-state index contributed by atoms with van der Waals surface area (Å²) in [7, 11) is 1.64. The number of aromatic nitrogens is 2. The molecular formula is C17H19N3O2. The topological polar surface area (TPSA) is 72.8 Å². The van der Waals surface area contributed by atoms with Crippen LogP contribution in [-0.2, 0) is 6.61 Å². The smallest absolute Gasteiger partial charge is 0.139 e. The van der Waals surface area contributed by atoms with E-state index in [1.165, 1.54) is 0 Å². The van der Waals surface area contributed by atoms with Crippen LogP contribution in [0.4, 0.5) is 5.82 Å². The highest BCUT2D eigenvalue weighted by Gasteiger charge is 2.16. The normalized spacial score (nSPS) is 11.1. The number of imidazole rings is 1. The number of aryl methyl sites for hydroxylation is 2. The summed E-state index contributed by atoms with van der Waals surface area (Å²) in [6.45, 7) is 4.07. The van der Waals surface area contributed by atoms with Gasteiger partial charge in [0.1, 0.15) is 22.9 Å². The van der Waals surface area contributed by atoms with Crippen molar-refractivity contribution in [2.24, 2.45) is 0 Å². The van der Waals surface area contributed by atoms with Crippen molar-refractivity contribution in [3.05, 3.63) is 47.2 Å². The third-order valence-electron chi connectivity index (χ3n) is 3.98. The van der Waals surface area contributed by atoms with Crippen molar-refractivity contribution in [1.82, 2.24) is 9.38 Å². The van der Waals surface area contributed by atoms with Crippen LogP contribution in [0, 0.1) is 13.8 Å². The molecule has 2 aromatic heterocycles. The minimum atomic E-state index is -0.0223. The number of methoxy groups -OCH3 is 1. The van der Waals surface area contributed by atoms with Gasteiger partial charge in [-0.2, -0.15) is 0 Å². The van der Waals surface area contributed by atoms with Crippen LogP contribution in [0.2, 0.25) is 0 Å². The summed E-state index contributed by atoms with van der Waals surface area (Å²) >= 11 is 0. The molecule has 1 aromatic carbocycles. The van der Waals surface area contributed by atoms with Gasteiger partial charge in [-0.1, -0.05) is 0 Å². The monoisotopic (exact) mass is 297 g/mol. The molecule has 0 atom stereocenters. The molecule has 114 valence electrons. The number of rotatable bonds is 3. The number of hydrogen-bond donors (Lipinski definition) is 2. The van der Waals surface area contributed by atoms with Crippen molar-refractivity contribution in [1.29, 1.82) is 0 Å².